The third-order valence-corrected chi connectivity index (χ3v) is 6.83. The van der Waals surface area contributed by atoms with E-state index in [9.17, 15) is 5.11 Å². The number of benzene rings is 2. The molecule has 4 unspecified atom stereocenters. The van der Waals surface area contributed by atoms with Crippen LogP contribution in [-0.4, -0.2) is 5.11 Å². The van der Waals surface area contributed by atoms with Crippen molar-refractivity contribution in [1.82, 2.24) is 0 Å². The van der Waals surface area contributed by atoms with Gasteiger partial charge in [-0.2, -0.15) is 0 Å². The van der Waals surface area contributed by atoms with Crippen LogP contribution < -0.4 is 5.73 Å². The zero-order valence-electron chi connectivity index (χ0n) is 18.1. The van der Waals surface area contributed by atoms with E-state index in [-0.39, 0.29) is 0 Å². The fourth-order valence-electron chi connectivity index (χ4n) is 5.76. The van der Waals surface area contributed by atoms with Crippen LogP contribution in [0.4, 0.5) is 0 Å². The molecule has 30 heavy (non-hydrogen) atoms. The van der Waals surface area contributed by atoms with Gasteiger partial charge in [0.05, 0.1) is 0 Å². The summed E-state index contributed by atoms with van der Waals surface area (Å²) in [6.07, 6.45) is 9.12. The Hall–Kier alpha value is -2.74. The number of fused-ring (bicyclic) bond motifs is 2. The molecule has 2 bridgehead atoms. The minimum Gasteiger partial charge on any atom is -0.508 e. The molecule has 2 heteroatoms. The smallest absolute Gasteiger partial charge is 0.115 e. The Bertz CT molecular complexity index is 961. The van der Waals surface area contributed by atoms with E-state index in [2.05, 4.69) is 56.8 Å². The van der Waals surface area contributed by atoms with Crippen LogP contribution in [-0.2, 0) is 0 Å². The fourth-order valence-corrected chi connectivity index (χ4v) is 5.76. The van der Waals surface area contributed by atoms with Crippen molar-refractivity contribution < 1.29 is 5.11 Å². The molecule has 0 saturated heterocycles. The lowest BCUT2D eigenvalue weighted by molar-refractivity contribution is 0.163. The van der Waals surface area contributed by atoms with Gasteiger partial charge in [-0.3, -0.25) is 0 Å². The van der Waals surface area contributed by atoms with Crippen molar-refractivity contribution in [1.29, 1.82) is 0 Å². The predicted octanol–water partition coefficient (Wildman–Crippen LogP) is 6.77. The van der Waals surface area contributed by atoms with Gasteiger partial charge in [0.1, 0.15) is 5.75 Å². The molecule has 2 fully saturated rings. The number of allylic oxidation sites excluding steroid dienone is 2. The van der Waals surface area contributed by atoms with E-state index in [4.69, 9.17) is 5.73 Å². The Morgan fingerprint density at radius 1 is 0.933 bits per heavy atom. The Morgan fingerprint density at radius 3 is 2.20 bits per heavy atom. The van der Waals surface area contributed by atoms with Crippen molar-refractivity contribution in [2.24, 2.45) is 29.4 Å². The minimum absolute atomic E-state index is 0.314. The summed E-state index contributed by atoms with van der Waals surface area (Å²) in [5, 5.41) is 9.85. The Morgan fingerprint density at radius 2 is 1.57 bits per heavy atom. The highest BCUT2D eigenvalue weighted by Gasteiger charge is 2.38. The molecule has 156 valence electrons. The first-order valence-electron chi connectivity index (χ1n) is 11.2. The highest BCUT2D eigenvalue weighted by atomic mass is 16.3. The van der Waals surface area contributed by atoms with E-state index < -0.39 is 0 Å². The third kappa shape index (κ3) is 4.38. The molecule has 2 aliphatic carbocycles. The minimum atomic E-state index is 0.314. The lowest BCUT2D eigenvalue weighted by atomic mass is 9.61. The first kappa shape index (κ1) is 20.5. The molecule has 2 saturated carbocycles. The third-order valence-electron chi connectivity index (χ3n) is 6.83. The summed E-state index contributed by atoms with van der Waals surface area (Å²) in [6.45, 7) is 8.56. The average molecular weight is 400 g/mol. The van der Waals surface area contributed by atoms with E-state index in [0.29, 0.717) is 23.3 Å². The summed E-state index contributed by atoms with van der Waals surface area (Å²) in [5.74, 6) is 3.23. The second kappa shape index (κ2) is 8.55. The highest BCUT2D eigenvalue weighted by molar-refractivity contribution is 5.83. The van der Waals surface area contributed by atoms with E-state index in [1.807, 2.05) is 12.2 Å². The van der Waals surface area contributed by atoms with Crippen molar-refractivity contribution >= 4 is 11.6 Å². The number of phenolic OH excluding ortho intramolecular Hbond substituents is 1. The molecule has 0 amide bonds. The van der Waals surface area contributed by atoms with Gasteiger partial charge in [-0.05, 0) is 89.8 Å². The van der Waals surface area contributed by atoms with Gasteiger partial charge in [0.2, 0.25) is 0 Å². The number of rotatable bonds is 4. The van der Waals surface area contributed by atoms with Crippen LogP contribution in [0.15, 0.2) is 72.5 Å². The lowest BCUT2D eigenvalue weighted by Crippen LogP contribution is -2.32. The number of hydrogen-bond acceptors (Lipinski definition) is 2. The zero-order chi connectivity index (χ0) is 21.3. The molecule has 4 atom stereocenters. The number of aromatic hydroxyl groups is 1. The monoisotopic (exact) mass is 399 g/mol. The van der Waals surface area contributed by atoms with Gasteiger partial charge in [-0.15, -0.1) is 0 Å². The molecule has 2 nitrogen and oxygen atoms in total. The van der Waals surface area contributed by atoms with Crippen molar-refractivity contribution in [3.05, 3.63) is 89.1 Å². The number of hydrogen-bond donors (Lipinski definition) is 2. The van der Waals surface area contributed by atoms with Crippen molar-refractivity contribution in [3.63, 3.8) is 0 Å². The summed E-state index contributed by atoms with van der Waals surface area (Å²) in [7, 11) is 0. The largest absolute Gasteiger partial charge is 0.508 e. The first-order chi connectivity index (χ1) is 14.4. The maximum Gasteiger partial charge on any atom is 0.115 e. The summed E-state index contributed by atoms with van der Waals surface area (Å²) < 4.78 is 0. The number of phenols is 1. The Balaban J connectivity index is 1.82. The van der Waals surface area contributed by atoms with Gasteiger partial charge in [-0.1, -0.05) is 68.5 Å². The molecule has 2 aromatic rings. The quantitative estimate of drug-likeness (QED) is 0.557. The molecule has 0 spiro atoms. The van der Waals surface area contributed by atoms with Crippen molar-refractivity contribution in [3.8, 4) is 5.75 Å². The SMILES string of the molecule is C=C(N)/C=C/c1ccc(/C(=C2\C(C)CC3CC(C)CC2C3)c2ccc(O)cc2)cc1. The normalized spacial score (nSPS) is 27.8. The number of nitrogens with two attached hydrogens (primary N) is 1. The van der Waals surface area contributed by atoms with Crippen LogP contribution in [0.25, 0.3) is 11.6 Å². The first-order valence-corrected chi connectivity index (χ1v) is 11.2. The maximum atomic E-state index is 9.85. The molecule has 2 aromatic carbocycles. The molecule has 2 aliphatic rings. The second-order valence-corrected chi connectivity index (χ2v) is 9.42. The van der Waals surface area contributed by atoms with Crippen molar-refractivity contribution in [2.75, 3.05) is 0 Å². The van der Waals surface area contributed by atoms with Gasteiger partial charge < -0.3 is 10.8 Å². The zero-order valence-corrected chi connectivity index (χ0v) is 18.1. The average Bonchev–Trinajstić information content (AvgIpc) is 2.70. The van der Waals surface area contributed by atoms with Gasteiger partial charge in [0.25, 0.3) is 0 Å². The van der Waals surface area contributed by atoms with Crippen LogP contribution in [0.3, 0.4) is 0 Å². The summed E-state index contributed by atoms with van der Waals surface area (Å²) in [6, 6.07) is 16.5. The maximum absolute atomic E-state index is 9.85. The van der Waals surface area contributed by atoms with Crippen LogP contribution in [0.2, 0.25) is 0 Å². The van der Waals surface area contributed by atoms with Gasteiger partial charge in [0.15, 0.2) is 0 Å². The fraction of sp³-hybridized carbons (Fsp3) is 0.357. The van der Waals surface area contributed by atoms with Crippen LogP contribution in [0, 0.1) is 23.7 Å². The predicted molar refractivity (Wildman–Crippen MR) is 127 cm³/mol. The standard InChI is InChI=1S/C28H33NO/c1-18-14-22-16-19(2)27(25(15-18)17-22)28(24-10-12-26(30)13-11-24)23-8-6-21(7-9-23)5-4-20(3)29/h4-13,18-19,22,25,30H,3,14-17,29H2,1-2H3/b5-4+,28-27-. The van der Waals surface area contributed by atoms with Gasteiger partial charge in [0, 0.05) is 5.70 Å². The summed E-state index contributed by atoms with van der Waals surface area (Å²) >= 11 is 0. The molecule has 3 N–H and O–H groups in total. The van der Waals surface area contributed by atoms with Crippen molar-refractivity contribution in [2.45, 2.75) is 39.5 Å². The summed E-state index contributed by atoms with van der Waals surface area (Å²) in [5.41, 5.74) is 12.8. The molecule has 0 aromatic heterocycles. The topological polar surface area (TPSA) is 46.2 Å². The van der Waals surface area contributed by atoms with Crippen LogP contribution in [0.5, 0.6) is 5.75 Å². The molecule has 0 heterocycles. The van der Waals surface area contributed by atoms with E-state index >= 15 is 0 Å². The molecule has 4 rings (SSSR count). The molecular weight excluding hydrogens is 366 g/mol. The van der Waals surface area contributed by atoms with Gasteiger partial charge >= 0.3 is 0 Å². The Labute approximate surface area is 180 Å². The van der Waals surface area contributed by atoms with Crippen LogP contribution >= 0.6 is 0 Å². The lowest BCUT2D eigenvalue weighted by Gasteiger charge is -2.44. The van der Waals surface area contributed by atoms with E-state index in [1.165, 1.54) is 42.4 Å². The highest BCUT2D eigenvalue weighted by Crippen LogP contribution is 2.51. The summed E-state index contributed by atoms with van der Waals surface area (Å²) in [4.78, 5) is 0. The Kier molecular flexibility index (Phi) is 5.85. The van der Waals surface area contributed by atoms with E-state index in [0.717, 1.165) is 17.4 Å². The van der Waals surface area contributed by atoms with E-state index in [1.54, 1.807) is 17.7 Å². The van der Waals surface area contributed by atoms with Gasteiger partial charge in [-0.25, -0.2) is 0 Å². The second-order valence-electron chi connectivity index (χ2n) is 9.42. The van der Waals surface area contributed by atoms with Crippen LogP contribution in [0.1, 0.15) is 56.2 Å². The molecular formula is C28H33NO. The molecule has 0 radical (unpaired) electrons. The molecule has 0 aliphatic heterocycles.